The minimum absolute atomic E-state index is 0.210. The van der Waals surface area contributed by atoms with Gasteiger partial charge in [0.25, 0.3) is 5.91 Å². The number of rotatable bonds is 8. The van der Waals surface area contributed by atoms with E-state index in [-0.39, 0.29) is 5.91 Å². The number of nitrogen functional groups attached to an aromatic ring is 1. The number of aromatic nitrogens is 3. The van der Waals surface area contributed by atoms with Crippen LogP contribution in [0.1, 0.15) is 27.9 Å². The number of nitrogens with zero attached hydrogens (tertiary/aromatic N) is 3. The van der Waals surface area contributed by atoms with Crippen molar-refractivity contribution in [2.45, 2.75) is 25.8 Å². The molecule has 0 saturated carbocycles. The van der Waals surface area contributed by atoms with Crippen molar-refractivity contribution in [1.29, 1.82) is 0 Å². The number of carbonyl (C=O) groups excluding carboxylic acids is 1. The summed E-state index contributed by atoms with van der Waals surface area (Å²) in [6.45, 7) is 1.17. The van der Waals surface area contributed by atoms with E-state index in [2.05, 4.69) is 29.6 Å². The summed E-state index contributed by atoms with van der Waals surface area (Å²) in [5, 5.41) is 3.04. The summed E-state index contributed by atoms with van der Waals surface area (Å²) >= 11 is 0. The van der Waals surface area contributed by atoms with E-state index in [0.29, 0.717) is 35.6 Å². The highest BCUT2D eigenvalue weighted by Gasteiger charge is 2.23. The highest BCUT2D eigenvalue weighted by atomic mass is 16.1. The first-order chi connectivity index (χ1) is 16.7. The Balaban J connectivity index is 1.43. The van der Waals surface area contributed by atoms with Crippen LogP contribution in [0.25, 0.3) is 22.2 Å². The molecule has 0 aliphatic carbocycles. The minimum Gasteiger partial charge on any atom is -0.384 e. The fourth-order valence-corrected chi connectivity index (χ4v) is 4.28. The van der Waals surface area contributed by atoms with Crippen LogP contribution in [-0.2, 0) is 19.4 Å². The van der Waals surface area contributed by atoms with Gasteiger partial charge in [-0.15, -0.1) is 0 Å². The fraction of sp³-hybridized carbons (Fsp3) is 0.179. The van der Waals surface area contributed by atoms with Gasteiger partial charge in [0.2, 0.25) is 0 Å². The number of aryl methyl sites for hydroxylation is 3. The summed E-state index contributed by atoms with van der Waals surface area (Å²) < 4.78 is 1.92. The van der Waals surface area contributed by atoms with Gasteiger partial charge in [0.05, 0.1) is 11.0 Å². The zero-order valence-electron chi connectivity index (χ0n) is 18.9. The van der Waals surface area contributed by atoms with E-state index in [9.17, 15) is 4.79 Å². The molecule has 0 fully saturated rings. The van der Waals surface area contributed by atoms with Crippen molar-refractivity contribution in [1.82, 2.24) is 19.9 Å². The van der Waals surface area contributed by atoms with Gasteiger partial charge in [0, 0.05) is 13.1 Å². The van der Waals surface area contributed by atoms with Gasteiger partial charge in [-0.2, -0.15) is 0 Å². The Bertz CT molecular complexity index is 1430. The predicted octanol–water partition coefficient (Wildman–Crippen LogP) is 4.77. The van der Waals surface area contributed by atoms with Crippen LogP contribution in [0, 0.1) is 0 Å². The number of nitrogens with two attached hydrogens (primary N) is 1. The lowest BCUT2D eigenvalue weighted by Crippen LogP contribution is -2.25. The quantitative estimate of drug-likeness (QED) is 0.334. The summed E-state index contributed by atoms with van der Waals surface area (Å²) in [7, 11) is 0. The molecule has 0 unspecified atom stereocenters. The molecule has 0 bridgehead atoms. The maximum atomic E-state index is 13.2. The van der Waals surface area contributed by atoms with E-state index in [1.807, 2.05) is 65.2 Å². The van der Waals surface area contributed by atoms with Crippen molar-refractivity contribution in [3.63, 3.8) is 0 Å². The van der Waals surface area contributed by atoms with Crippen LogP contribution in [0.2, 0.25) is 0 Å². The van der Waals surface area contributed by atoms with Gasteiger partial charge in [-0.3, -0.25) is 4.79 Å². The van der Waals surface area contributed by atoms with Crippen molar-refractivity contribution in [2.24, 2.45) is 0 Å². The Hall–Kier alpha value is -4.19. The summed E-state index contributed by atoms with van der Waals surface area (Å²) in [5.41, 5.74) is 12.1. The van der Waals surface area contributed by atoms with E-state index in [0.717, 1.165) is 30.3 Å². The molecular formula is C28H27N5O. The Morgan fingerprint density at radius 2 is 1.38 bits per heavy atom. The number of carbonyl (C=O) groups is 1. The standard InChI is InChI=1S/C28H27N5O/c29-26-24(28(34)30-18-9-14-20-10-3-1-4-11-20)25-27(32-23-16-8-7-15-22(23)31-25)33(26)19-17-21-12-5-2-6-13-21/h1-8,10-13,15-16H,9,14,17-19,29H2,(H,30,34). The lowest BCUT2D eigenvalue weighted by Gasteiger charge is -2.08. The molecular weight excluding hydrogens is 422 g/mol. The van der Waals surface area contributed by atoms with Gasteiger partial charge in [-0.1, -0.05) is 72.8 Å². The number of benzene rings is 3. The molecule has 3 N–H and O–H groups in total. The van der Waals surface area contributed by atoms with E-state index in [1.165, 1.54) is 11.1 Å². The summed E-state index contributed by atoms with van der Waals surface area (Å²) in [6, 6.07) is 28.2. The third kappa shape index (κ3) is 4.48. The molecule has 0 spiro atoms. The van der Waals surface area contributed by atoms with E-state index < -0.39 is 0 Å². The number of fused-ring (bicyclic) bond motifs is 2. The third-order valence-electron chi connectivity index (χ3n) is 6.06. The van der Waals surface area contributed by atoms with Crippen molar-refractivity contribution in [3.05, 3.63) is 102 Å². The summed E-state index contributed by atoms with van der Waals surface area (Å²) in [4.78, 5) is 22.9. The second kappa shape index (κ2) is 9.75. The van der Waals surface area contributed by atoms with Gasteiger partial charge in [-0.25, -0.2) is 9.97 Å². The smallest absolute Gasteiger partial charge is 0.257 e. The van der Waals surface area contributed by atoms with Crippen LogP contribution >= 0.6 is 0 Å². The van der Waals surface area contributed by atoms with Crippen molar-refractivity contribution in [2.75, 3.05) is 12.3 Å². The van der Waals surface area contributed by atoms with Gasteiger partial charge in [0.15, 0.2) is 5.65 Å². The van der Waals surface area contributed by atoms with E-state index >= 15 is 0 Å². The minimum atomic E-state index is -0.210. The largest absolute Gasteiger partial charge is 0.384 e. The Kier molecular flexibility index (Phi) is 6.21. The molecule has 5 rings (SSSR count). The number of anilines is 1. The molecule has 5 aromatic rings. The molecule has 0 radical (unpaired) electrons. The number of para-hydroxylation sites is 2. The fourth-order valence-electron chi connectivity index (χ4n) is 4.28. The molecule has 3 aromatic carbocycles. The maximum Gasteiger partial charge on any atom is 0.257 e. The molecule has 0 atom stereocenters. The molecule has 0 saturated heterocycles. The SMILES string of the molecule is Nc1c(C(=O)NCCCc2ccccc2)c2nc3ccccc3nc2n1CCc1ccccc1. The third-order valence-corrected chi connectivity index (χ3v) is 6.06. The topological polar surface area (TPSA) is 85.8 Å². The zero-order valence-corrected chi connectivity index (χ0v) is 18.9. The first kappa shape index (κ1) is 21.6. The zero-order chi connectivity index (χ0) is 23.3. The average Bonchev–Trinajstić information content (AvgIpc) is 3.15. The molecule has 34 heavy (non-hydrogen) atoms. The monoisotopic (exact) mass is 449 g/mol. The highest BCUT2D eigenvalue weighted by Crippen LogP contribution is 2.28. The molecule has 0 aliphatic heterocycles. The Morgan fingerprint density at radius 3 is 2.06 bits per heavy atom. The van der Waals surface area contributed by atoms with Crippen LogP contribution < -0.4 is 11.1 Å². The molecule has 6 nitrogen and oxygen atoms in total. The maximum absolute atomic E-state index is 13.2. The van der Waals surface area contributed by atoms with Crippen LogP contribution in [0.5, 0.6) is 0 Å². The summed E-state index contributed by atoms with van der Waals surface area (Å²) in [6.07, 6.45) is 2.53. The van der Waals surface area contributed by atoms with E-state index in [4.69, 9.17) is 15.7 Å². The van der Waals surface area contributed by atoms with Crippen molar-refractivity contribution in [3.8, 4) is 0 Å². The van der Waals surface area contributed by atoms with Crippen LogP contribution in [-0.4, -0.2) is 27.0 Å². The van der Waals surface area contributed by atoms with Gasteiger partial charge in [0.1, 0.15) is 16.9 Å². The number of nitrogens with one attached hydrogen (secondary N) is 1. The molecule has 2 heterocycles. The second-order valence-corrected chi connectivity index (χ2v) is 8.38. The van der Waals surface area contributed by atoms with Gasteiger partial charge in [-0.05, 0) is 42.5 Å². The molecule has 0 aliphatic rings. The van der Waals surface area contributed by atoms with Crippen LogP contribution in [0.4, 0.5) is 5.82 Å². The number of hydrogen-bond donors (Lipinski definition) is 2. The Morgan fingerprint density at radius 1 is 0.794 bits per heavy atom. The first-order valence-electron chi connectivity index (χ1n) is 11.6. The molecule has 2 aromatic heterocycles. The first-order valence-corrected chi connectivity index (χ1v) is 11.6. The number of amides is 1. The Labute approximate surface area is 198 Å². The molecule has 6 heteroatoms. The predicted molar refractivity (Wildman–Crippen MR) is 137 cm³/mol. The average molecular weight is 450 g/mol. The second-order valence-electron chi connectivity index (χ2n) is 8.38. The van der Waals surface area contributed by atoms with Crippen LogP contribution in [0.3, 0.4) is 0 Å². The van der Waals surface area contributed by atoms with Crippen molar-refractivity contribution < 1.29 is 4.79 Å². The lowest BCUT2D eigenvalue weighted by atomic mass is 10.1. The van der Waals surface area contributed by atoms with E-state index in [1.54, 1.807) is 0 Å². The molecule has 170 valence electrons. The number of hydrogen-bond acceptors (Lipinski definition) is 4. The van der Waals surface area contributed by atoms with Crippen molar-refractivity contribution >= 4 is 33.9 Å². The molecule has 1 amide bonds. The van der Waals surface area contributed by atoms with Gasteiger partial charge < -0.3 is 15.6 Å². The van der Waals surface area contributed by atoms with Crippen LogP contribution in [0.15, 0.2) is 84.9 Å². The highest BCUT2D eigenvalue weighted by molar-refractivity contribution is 6.10. The lowest BCUT2D eigenvalue weighted by molar-refractivity contribution is 0.0955. The van der Waals surface area contributed by atoms with Gasteiger partial charge >= 0.3 is 0 Å². The summed E-state index contributed by atoms with van der Waals surface area (Å²) in [5.74, 6) is 0.195. The normalized spacial score (nSPS) is 11.2.